The van der Waals surface area contributed by atoms with Gasteiger partial charge in [-0.05, 0) is 51.1 Å². The molecule has 3 saturated heterocycles. The minimum Gasteiger partial charge on any atom is -0.299 e. The van der Waals surface area contributed by atoms with Crippen molar-refractivity contribution in [3.8, 4) is 0 Å². The van der Waals surface area contributed by atoms with Crippen molar-refractivity contribution in [1.82, 2.24) is 10.2 Å². The van der Waals surface area contributed by atoms with E-state index in [1.807, 2.05) is 0 Å². The Balaban J connectivity index is 0.00000512. The molecule has 0 aromatic carbocycles. The number of nitrogens with zero attached hydrogens (tertiary/aromatic N) is 1. The van der Waals surface area contributed by atoms with Crippen LogP contribution in [0.15, 0.2) is 0 Å². The molecule has 192 valence electrons. The second-order valence-electron chi connectivity index (χ2n) is 11.0. The Morgan fingerprint density at radius 3 is 1.50 bits per heavy atom. The van der Waals surface area contributed by atoms with Gasteiger partial charge in [0.1, 0.15) is 0 Å². The van der Waals surface area contributed by atoms with Crippen molar-refractivity contribution in [2.45, 2.75) is 167 Å². The highest BCUT2D eigenvalue weighted by Gasteiger charge is 2.34. The lowest BCUT2D eigenvalue weighted by atomic mass is 9.86. The molecule has 3 heterocycles. The van der Waals surface area contributed by atoms with Crippen molar-refractivity contribution in [3.05, 3.63) is 0 Å². The van der Waals surface area contributed by atoms with Crippen LogP contribution in [0.25, 0.3) is 0 Å². The molecule has 3 rings (SSSR count). The summed E-state index contributed by atoms with van der Waals surface area (Å²) in [6, 6.07) is 0.765. The largest absolute Gasteiger partial charge is 0.299 e. The molecule has 32 heavy (non-hydrogen) atoms. The topological polar surface area (TPSA) is 15.3 Å². The summed E-state index contributed by atoms with van der Waals surface area (Å²) in [6.07, 6.45) is 32.6. The predicted molar refractivity (Wildman–Crippen MR) is 146 cm³/mol. The van der Waals surface area contributed by atoms with Gasteiger partial charge in [0.15, 0.2) is 0 Å². The van der Waals surface area contributed by atoms with Crippen LogP contribution in [0.5, 0.6) is 0 Å². The molecule has 3 aliphatic heterocycles. The zero-order valence-corrected chi connectivity index (χ0v) is 22.9. The summed E-state index contributed by atoms with van der Waals surface area (Å²) >= 11 is 0. The lowest BCUT2D eigenvalue weighted by molar-refractivity contribution is 0.0232. The van der Waals surface area contributed by atoms with Crippen molar-refractivity contribution < 1.29 is 0 Å². The van der Waals surface area contributed by atoms with E-state index in [1.165, 1.54) is 154 Å². The molecule has 2 unspecified atom stereocenters. The number of hydrogen-bond donors (Lipinski definition) is 1. The van der Waals surface area contributed by atoms with E-state index in [0.717, 1.165) is 12.0 Å². The fourth-order valence-electron chi connectivity index (χ4n) is 6.01. The van der Waals surface area contributed by atoms with E-state index in [9.17, 15) is 0 Å². The number of piperidine rings is 3. The zero-order valence-electron chi connectivity index (χ0n) is 22.1. The van der Waals surface area contributed by atoms with E-state index in [4.69, 9.17) is 0 Å². The smallest absolute Gasteiger partial charge is 0.0601 e. The molecular formula is C29H59ClN2. The molecule has 1 N–H and O–H groups in total. The minimum atomic E-state index is 0. The van der Waals surface area contributed by atoms with E-state index in [2.05, 4.69) is 24.1 Å². The molecule has 3 fully saturated rings. The first kappa shape index (κ1) is 30.2. The fourth-order valence-corrected chi connectivity index (χ4v) is 6.01. The third-order valence-electron chi connectivity index (χ3n) is 8.12. The monoisotopic (exact) mass is 470 g/mol. The molecule has 2 nitrogen and oxygen atoms in total. The van der Waals surface area contributed by atoms with Gasteiger partial charge in [-0.3, -0.25) is 10.2 Å². The highest BCUT2D eigenvalue weighted by atomic mass is 35.5. The molecule has 0 aromatic heterocycles. The maximum absolute atomic E-state index is 4.07. The number of halogens is 1. The van der Waals surface area contributed by atoms with Crippen LogP contribution in [-0.2, 0) is 0 Å². The van der Waals surface area contributed by atoms with Gasteiger partial charge < -0.3 is 0 Å². The van der Waals surface area contributed by atoms with Crippen molar-refractivity contribution in [1.29, 1.82) is 0 Å². The Morgan fingerprint density at radius 1 is 0.625 bits per heavy atom. The average Bonchev–Trinajstić information content (AvgIpc) is 2.79. The molecule has 0 amide bonds. The van der Waals surface area contributed by atoms with Crippen LogP contribution < -0.4 is 5.32 Å². The van der Waals surface area contributed by atoms with Crippen molar-refractivity contribution in [2.75, 3.05) is 13.1 Å². The van der Waals surface area contributed by atoms with Crippen LogP contribution in [0.2, 0.25) is 0 Å². The van der Waals surface area contributed by atoms with E-state index >= 15 is 0 Å². The van der Waals surface area contributed by atoms with E-state index in [-0.39, 0.29) is 12.4 Å². The maximum Gasteiger partial charge on any atom is 0.0601 e. The highest BCUT2D eigenvalue weighted by molar-refractivity contribution is 5.85. The van der Waals surface area contributed by atoms with Crippen LogP contribution >= 0.6 is 12.4 Å². The normalized spacial score (nSPS) is 23.2. The second kappa shape index (κ2) is 20.6. The predicted octanol–water partition coefficient (Wildman–Crippen LogP) is 9.26. The minimum absolute atomic E-state index is 0. The van der Waals surface area contributed by atoms with E-state index in [1.54, 1.807) is 0 Å². The van der Waals surface area contributed by atoms with Gasteiger partial charge in [0.2, 0.25) is 0 Å². The molecular weight excluding hydrogens is 412 g/mol. The summed E-state index contributed by atoms with van der Waals surface area (Å²) in [7, 11) is 0. The van der Waals surface area contributed by atoms with E-state index in [0.29, 0.717) is 6.17 Å². The summed E-state index contributed by atoms with van der Waals surface area (Å²) in [5.74, 6) is 1.01. The first-order chi connectivity index (χ1) is 15.3. The van der Waals surface area contributed by atoms with Crippen LogP contribution in [0.4, 0.5) is 0 Å². The van der Waals surface area contributed by atoms with Gasteiger partial charge in [0, 0.05) is 6.04 Å². The van der Waals surface area contributed by atoms with Crippen molar-refractivity contribution in [3.63, 3.8) is 0 Å². The van der Waals surface area contributed by atoms with E-state index < -0.39 is 0 Å². The molecule has 0 aromatic rings. The van der Waals surface area contributed by atoms with Gasteiger partial charge >= 0.3 is 0 Å². The van der Waals surface area contributed by atoms with Crippen LogP contribution in [0, 0.1) is 5.92 Å². The lowest BCUT2D eigenvalue weighted by Crippen LogP contribution is -2.57. The van der Waals surface area contributed by atoms with Crippen LogP contribution in [-0.4, -0.2) is 30.2 Å². The summed E-state index contributed by atoms with van der Waals surface area (Å²) in [5.41, 5.74) is 0. The zero-order chi connectivity index (χ0) is 22.0. The van der Waals surface area contributed by atoms with Crippen LogP contribution in [0.1, 0.15) is 155 Å². The van der Waals surface area contributed by atoms with Crippen molar-refractivity contribution >= 4 is 12.4 Å². The first-order valence-corrected chi connectivity index (χ1v) is 14.8. The van der Waals surface area contributed by atoms with Gasteiger partial charge in [-0.1, -0.05) is 123 Å². The molecule has 3 aliphatic rings. The molecule has 2 atom stereocenters. The van der Waals surface area contributed by atoms with Gasteiger partial charge in [-0.15, -0.1) is 12.4 Å². The molecule has 0 radical (unpaired) electrons. The summed E-state index contributed by atoms with van der Waals surface area (Å²) in [5, 5.41) is 4.07. The number of hydrogen-bond acceptors (Lipinski definition) is 2. The van der Waals surface area contributed by atoms with Gasteiger partial charge in [-0.2, -0.15) is 0 Å². The van der Waals surface area contributed by atoms with Gasteiger partial charge in [0.25, 0.3) is 0 Å². The molecule has 3 heteroatoms. The highest BCUT2D eigenvalue weighted by Crippen LogP contribution is 2.31. The number of unbranched alkanes of at least 4 members (excludes halogenated alkanes) is 15. The van der Waals surface area contributed by atoms with Crippen LogP contribution in [0.3, 0.4) is 0 Å². The summed E-state index contributed by atoms with van der Waals surface area (Å²) < 4.78 is 0. The third kappa shape index (κ3) is 13.8. The Labute approximate surface area is 208 Å². The summed E-state index contributed by atoms with van der Waals surface area (Å²) in [4.78, 5) is 2.73. The molecule has 0 saturated carbocycles. The molecule has 0 spiro atoms. The SMILES string of the molecule is CCCCCCCCCCCCCCCCCCC(CCC)NC1CC2CCN1CC2.Cl. The molecule has 2 bridgehead atoms. The third-order valence-corrected chi connectivity index (χ3v) is 8.12. The van der Waals surface area contributed by atoms with Crippen molar-refractivity contribution in [2.24, 2.45) is 5.92 Å². The van der Waals surface area contributed by atoms with Gasteiger partial charge in [-0.25, -0.2) is 0 Å². The maximum atomic E-state index is 4.07. The standard InChI is InChI=1S/C29H58N2.ClH/c1-3-5-6-7-8-9-10-11-12-13-14-15-16-17-18-19-21-28(20-4-2)30-29-26-27-22-24-31(29)25-23-27;/h27-30H,3-26H2,1-2H3;1H. The lowest BCUT2D eigenvalue weighted by Gasteiger charge is -2.47. The Kier molecular flexibility index (Phi) is 19.4. The average molecular weight is 471 g/mol. The number of fused-ring (bicyclic) bond motifs is 3. The fraction of sp³-hybridized carbons (Fsp3) is 1.00. The van der Waals surface area contributed by atoms with Gasteiger partial charge in [0.05, 0.1) is 6.17 Å². The quantitative estimate of drug-likeness (QED) is 0.168. The molecule has 0 aliphatic carbocycles. The second-order valence-corrected chi connectivity index (χ2v) is 11.0. The Bertz CT molecular complexity index is 395. The first-order valence-electron chi connectivity index (χ1n) is 14.8. The number of nitrogens with one attached hydrogen (secondary N) is 1. The number of rotatable bonds is 21. The summed E-state index contributed by atoms with van der Waals surface area (Å²) in [6.45, 7) is 7.36. The Morgan fingerprint density at radius 2 is 1.09 bits per heavy atom. The Hall–Kier alpha value is 0.210.